The van der Waals surface area contributed by atoms with Gasteiger partial charge < -0.3 is 35.2 Å². The number of nitrogen functional groups attached to an aromatic ring is 1. The summed E-state index contributed by atoms with van der Waals surface area (Å²) in [5.41, 5.74) is 5.96. The van der Waals surface area contributed by atoms with Gasteiger partial charge in [-0.2, -0.15) is 9.97 Å². The number of aliphatic hydroxyl groups is 3. The Morgan fingerprint density at radius 2 is 2.15 bits per heavy atom. The molecule has 2 aromatic rings. The zero-order chi connectivity index (χ0) is 19.2. The summed E-state index contributed by atoms with van der Waals surface area (Å²) in [5, 5.41) is 29.6. The molecule has 0 radical (unpaired) electrons. The lowest BCUT2D eigenvalue weighted by atomic mass is 10.1. The van der Waals surface area contributed by atoms with Crippen LogP contribution in [0, 0.1) is 0 Å². The number of hydrogen-bond acceptors (Lipinski definition) is 10. The van der Waals surface area contributed by atoms with Crippen LogP contribution in [0.5, 0.6) is 0 Å². The maximum absolute atomic E-state index is 11.6. The standard InChI is InChI=1S/C12H17ClN5O7P/c1-4(19)26(22,23)24-2-5-7(20)8(21)11(25-5)18-3-15-6-9(13)16-12(14)17-10(6)18/h3-5,7-8,11,19-21H,2H2,1H3,(H,22,23)(H2,14,16,17)/t4?,5?,7?,8-,11-/m1/s1. The van der Waals surface area contributed by atoms with E-state index >= 15 is 0 Å². The smallest absolute Gasteiger partial charge is 0.356 e. The SMILES string of the molecule is CC(O)P(=O)(O)OCC1O[C@@H](n2cnc3c(Cl)nc(N)nc32)[C@H](O)C1O. The van der Waals surface area contributed by atoms with E-state index in [1.165, 1.54) is 10.9 Å². The third kappa shape index (κ3) is 3.42. The van der Waals surface area contributed by atoms with Crippen molar-refractivity contribution in [3.05, 3.63) is 11.5 Å². The molecule has 6 N–H and O–H groups in total. The molecule has 0 aromatic carbocycles. The number of nitrogens with zero attached hydrogens (tertiary/aromatic N) is 4. The van der Waals surface area contributed by atoms with Gasteiger partial charge in [0.25, 0.3) is 0 Å². The zero-order valence-electron chi connectivity index (χ0n) is 13.4. The Bertz CT molecular complexity index is 864. The van der Waals surface area contributed by atoms with Gasteiger partial charge in [-0.3, -0.25) is 9.13 Å². The van der Waals surface area contributed by atoms with Crippen LogP contribution in [-0.2, 0) is 13.8 Å². The molecule has 144 valence electrons. The summed E-state index contributed by atoms with van der Waals surface area (Å²) in [6, 6.07) is 0. The minimum absolute atomic E-state index is 0.0114. The predicted octanol–water partition coefficient (Wildman–Crippen LogP) is -0.779. The van der Waals surface area contributed by atoms with Crippen molar-refractivity contribution < 1.29 is 34.0 Å². The number of anilines is 1. The molecule has 0 saturated carbocycles. The Hall–Kier alpha value is -1.37. The Kier molecular flexibility index (Phi) is 5.21. The molecule has 12 nitrogen and oxygen atoms in total. The quantitative estimate of drug-likeness (QED) is 0.308. The number of imidazole rings is 1. The van der Waals surface area contributed by atoms with E-state index in [4.69, 9.17) is 26.6 Å². The number of halogens is 1. The first kappa shape index (κ1) is 19.4. The molecular formula is C12H17ClN5O7P. The van der Waals surface area contributed by atoms with Crippen molar-refractivity contribution in [2.75, 3.05) is 12.3 Å². The second-order valence-electron chi connectivity index (χ2n) is 5.73. The van der Waals surface area contributed by atoms with E-state index < -0.39 is 44.6 Å². The highest BCUT2D eigenvalue weighted by atomic mass is 35.5. The summed E-state index contributed by atoms with van der Waals surface area (Å²) >= 11 is 5.94. The topological polar surface area (TPSA) is 186 Å². The highest BCUT2D eigenvalue weighted by Gasteiger charge is 2.45. The third-order valence-electron chi connectivity index (χ3n) is 3.90. The molecule has 14 heteroatoms. The maximum atomic E-state index is 11.6. The van der Waals surface area contributed by atoms with E-state index in [9.17, 15) is 24.8 Å². The van der Waals surface area contributed by atoms with Crippen LogP contribution in [0.3, 0.4) is 0 Å². The minimum atomic E-state index is -4.29. The average molecular weight is 410 g/mol. The molecule has 4 unspecified atom stereocenters. The fraction of sp³-hybridized carbons (Fsp3) is 0.583. The minimum Gasteiger partial charge on any atom is -0.387 e. The van der Waals surface area contributed by atoms with E-state index in [1.807, 2.05) is 0 Å². The van der Waals surface area contributed by atoms with Gasteiger partial charge in [0.1, 0.15) is 23.8 Å². The Morgan fingerprint density at radius 3 is 2.81 bits per heavy atom. The van der Waals surface area contributed by atoms with E-state index in [2.05, 4.69) is 15.0 Å². The van der Waals surface area contributed by atoms with Gasteiger partial charge >= 0.3 is 7.60 Å². The monoisotopic (exact) mass is 409 g/mol. The molecule has 1 aliphatic rings. The van der Waals surface area contributed by atoms with Gasteiger partial charge in [0.05, 0.1) is 12.9 Å². The molecule has 0 spiro atoms. The van der Waals surface area contributed by atoms with Crippen LogP contribution in [0.2, 0.25) is 5.15 Å². The van der Waals surface area contributed by atoms with Gasteiger partial charge in [0.2, 0.25) is 5.95 Å². The van der Waals surface area contributed by atoms with E-state index in [0.717, 1.165) is 6.92 Å². The first-order valence-electron chi connectivity index (χ1n) is 7.44. The Labute approximate surface area is 151 Å². The highest BCUT2D eigenvalue weighted by molar-refractivity contribution is 7.53. The normalized spacial score (nSPS) is 29.8. The summed E-state index contributed by atoms with van der Waals surface area (Å²) in [5.74, 6) is -1.73. The summed E-state index contributed by atoms with van der Waals surface area (Å²) in [6.07, 6.45) is -3.83. The van der Waals surface area contributed by atoms with Gasteiger partial charge in [-0.15, -0.1) is 0 Å². The van der Waals surface area contributed by atoms with Crippen LogP contribution in [-0.4, -0.2) is 70.5 Å². The summed E-state index contributed by atoms with van der Waals surface area (Å²) in [4.78, 5) is 21.3. The fourth-order valence-electron chi connectivity index (χ4n) is 2.47. The highest BCUT2D eigenvalue weighted by Crippen LogP contribution is 2.46. The second-order valence-corrected chi connectivity index (χ2v) is 8.23. The molecule has 0 bridgehead atoms. The van der Waals surface area contributed by atoms with Crippen LogP contribution < -0.4 is 5.73 Å². The summed E-state index contributed by atoms with van der Waals surface area (Å²) in [6.45, 7) is 0.563. The molecule has 3 rings (SSSR count). The van der Waals surface area contributed by atoms with Crippen molar-refractivity contribution >= 4 is 36.3 Å². The van der Waals surface area contributed by atoms with Gasteiger partial charge in [-0.25, -0.2) is 4.98 Å². The fourth-order valence-corrected chi connectivity index (χ4v) is 3.27. The van der Waals surface area contributed by atoms with Crippen molar-refractivity contribution in [1.82, 2.24) is 19.5 Å². The number of aliphatic hydroxyl groups excluding tert-OH is 3. The molecule has 26 heavy (non-hydrogen) atoms. The lowest BCUT2D eigenvalue weighted by Crippen LogP contribution is -2.33. The average Bonchev–Trinajstić information content (AvgIpc) is 3.08. The predicted molar refractivity (Wildman–Crippen MR) is 88.1 cm³/mol. The molecule has 1 fully saturated rings. The van der Waals surface area contributed by atoms with Gasteiger partial charge in [0, 0.05) is 0 Å². The molecule has 3 heterocycles. The van der Waals surface area contributed by atoms with Gasteiger partial charge in [-0.05, 0) is 6.92 Å². The number of aromatic nitrogens is 4. The van der Waals surface area contributed by atoms with Gasteiger partial charge in [-0.1, -0.05) is 11.6 Å². The van der Waals surface area contributed by atoms with Crippen LogP contribution in [0.1, 0.15) is 13.2 Å². The maximum Gasteiger partial charge on any atom is 0.356 e. The number of nitrogens with two attached hydrogens (primary N) is 1. The van der Waals surface area contributed by atoms with E-state index in [-0.39, 0.29) is 22.3 Å². The van der Waals surface area contributed by atoms with Crippen molar-refractivity contribution in [3.63, 3.8) is 0 Å². The third-order valence-corrected chi connectivity index (χ3v) is 5.63. The van der Waals surface area contributed by atoms with E-state index in [1.54, 1.807) is 0 Å². The molecule has 6 atom stereocenters. The molecule has 2 aromatic heterocycles. The van der Waals surface area contributed by atoms with Crippen molar-refractivity contribution in [3.8, 4) is 0 Å². The molecule has 0 amide bonds. The Balaban J connectivity index is 1.83. The largest absolute Gasteiger partial charge is 0.387 e. The number of hydrogen-bond donors (Lipinski definition) is 5. The Morgan fingerprint density at radius 1 is 1.46 bits per heavy atom. The van der Waals surface area contributed by atoms with E-state index in [0.29, 0.717) is 0 Å². The first-order valence-corrected chi connectivity index (χ1v) is 9.46. The first-order chi connectivity index (χ1) is 12.1. The number of fused-ring (bicyclic) bond motifs is 1. The molecular weight excluding hydrogens is 393 g/mol. The second kappa shape index (κ2) is 6.98. The summed E-state index contributed by atoms with van der Waals surface area (Å²) in [7, 11) is -4.29. The van der Waals surface area contributed by atoms with Gasteiger partial charge in [0.15, 0.2) is 22.9 Å². The number of rotatable bonds is 5. The molecule has 0 aliphatic carbocycles. The van der Waals surface area contributed by atoms with Crippen LogP contribution in [0.15, 0.2) is 6.33 Å². The summed E-state index contributed by atoms with van der Waals surface area (Å²) < 4.78 is 23.2. The van der Waals surface area contributed by atoms with Crippen LogP contribution in [0.25, 0.3) is 11.2 Å². The lowest BCUT2D eigenvalue weighted by molar-refractivity contribution is -0.0493. The van der Waals surface area contributed by atoms with Crippen LogP contribution >= 0.6 is 19.2 Å². The lowest BCUT2D eigenvalue weighted by Gasteiger charge is -2.19. The molecule has 1 aliphatic heterocycles. The van der Waals surface area contributed by atoms with Crippen LogP contribution in [0.4, 0.5) is 5.95 Å². The molecule has 1 saturated heterocycles. The van der Waals surface area contributed by atoms with Crippen molar-refractivity contribution in [1.29, 1.82) is 0 Å². The zero-order valence-corrected chi connectivity index (χ0v) is 15.0. The number of ether oxygens (including phenoxy) is 1. The van der Waals surface area contributed by atoms with Crippen molar-refractivity contribution in [2.45, 2.75) is 37.3 Å². The van der Waals surface area contributed by atoms with Crippen molar-refractivity contribution in [2.24, 2.45) is 0 Å².